The molecule has 6 aromatic carbocycles. The Labute approximate surface area is 663 Å². The predicted molar refractivity (Wildman–Crippen MR) is 396 cm³/mol. The molecular weight excluding hydrogens is 2170 g/mol. The van der Waals surface area contributed by atoms with Crippen molar-refractivity contribution in [2.75, 3.05) is 0 Å². The number of aromatic nitrogens is 6. The van der Waals surface area contributed by atoms with Crippen molar-refractivity contribution in [2.45, 2.75) is 96.9 Å². The third-order valence-corrected chi connectivity index (χ3v) is 11.7. The predicted octanol–water partition coefficient (Wildman–Crippen LogP) is 22.4. The van der Waals surface area contributed by atoms with E-state index in [-0.39, 0.29) is 156 Å². The van der Waals surface area contributed by atoms with Gasteiger partial charge in [0.15, 0.2) is 0 Å². The van der Waals surface area contributed by atoms with E-state index in [2.05, 4.69) is 140 Å². The van der Waals surface area contributed by atoms with Gasteiger partial charge in [0.05, 0.1) is 0 Å². The largest absolute Gasteiger partial charge is 0.668 e. The van der Waals surface area contributed by atoms with Crippen LogP contribution in [0.5, 0.6) is 0 Å². The van der Waals surface area contributed by atoms with Crippen LogP contribution in [0.4, 0.5) is 0 Å². The zero-order valence-corrected chi connectivity index (χ0v) is 78.6. The average Bonchev–Trinajstić information content (AvgIpc) is 2.06. The van der Waals surface area contributed by atoms with Gasteiger partial charge in [-0.2, -0.15) is 23.3 Å². The number of benzene rings is 6. The molecule has 0 fully saturated rings. The Hall–Kier alpha value is -4.87. The second kappa shape index (κ2) is 84.2. The fourth-order valence-corrected chi connectivity index (χ4v) is 6.06. The summed E-state index contributed by atoms with van der Waals surface area (Å²) >= 11 is 0. The smallest absolute Gasteiger partial charge is 0.0143 e. The van der Waals surface area contributed by atoms with Gasteiger partial charge in [0, 0.05) is 201 Å². The van der Waals surface area contributed by atoms with Crippen molar-refractivity contribution >= 4 is 0 Å². The van der Waals surface area contributed by atoms with Crippen molar-refractivity contribution in [2.24, 2.45) is 28.2 Å². The molecule has 0 spiro atoms. The average molecular weight is 2290 g/mol. The zero-order valence-electron chi connectivity index (χ0n) is 61.0. The summed E-state index contributed by atoms with van der Waals surface area (Å²) in [6, 6.07) is 96.8. The summed E-state index contributed by atoms with van der Waals surface area (Å²) in [6.45, 7) is 28.7. The standard InChI is InChI=1S/3C7H11N.C6H9N.C6H8N.6C6H6.C5H6N.2C2H6.4CH3.6W/c3*1-6-4-5-7(2)8(6)3;1-6-4-3-5-7(6)2;1-5-3-4-6(2)7-5;6*1-2-4-6-5-3-1;1-5-3-2-4-6-5;2*1-2;;;;;;;;;;/h3*4-5H,1-3H3;3-5H,1-2H3;3-4H,1-2H3;6*1-6H;2-4H,1H3;2*1-2H3;4*1H3;;;;;;/q;;;;-1;;;;;;;-1;;;4*-1;;;;;;. The second-order valence-electron chi connectivity index (χ2n) is 18.2. The van der Waals surface area contributed by atoms with Gasteiger partial charge in [0.1, 0.15) is 0 Å². The maximum Gasteiger partial charge on any atom is 0.0143 e. The Kier molecular flexibility index (Phi) is 104. The van der Waals surface area contributed by atoms with Gasteiger partial charge >= 0.3 is 0 Å². The van der Waals surface area contributed by atoms with Crippen molar-refractivity contribution in [3.05, 3.63) is 390 Å². The maximum atomic E-state index is 4.11. The van der Waals surface area contributed by atoms with E-state index >= 15 is 0 Å². The molecule has 0 radical (unpaired) electrons. The van der Waals surface area contributed by atoms with Gasteiger partial charge in [-0.25, -0.2) is 0 Å². The molecule has 6 heterocycles. The van der Waals surface area contributed by atoms with Gasteiger partial charge in [-0.3, -0.25) is 0 Å². The molecule has 0 saturated carbocycles. The quantitative estimate of drug-likeness (QED) is 0.142. The zero-order chi connectivity index (χ0) is 62.9. The second-order valence-corrected chi connectivity index (χ2v) is 18.2. The van der Waals surface area contributed by atoms with E-state index in [1.54, 1.807) is 6.20 Å². The van der Waals surface area contributed by atoms with Gasteiger partial charge in [-0.15, -0.1) is 0 Å². The van der Waals surface area contributed by atoms with Gasteiger partial charge in [-0.05, 0) is 97.0 Å². The molecule has 0 unspecified atom stereocenters. The summed E-state index contributed by atoms with van der Waals surface area (Å²) in [5, 5.41) is 0. The van der Waals surface area contributed by atoms with Crippen LogP contribution >= 0.6 is 0 Å². The molecule has 0 amide bonds. The van der Waals surface area contributed by atoms with Crippen LogP contribution in [0.2, 0.25) is 0 Å². The molecule has 12 aromatic rings. The molecule has 0 aliphatic heterocycles. The van der Waals surface area contributed by atoms with E-state index in [0.717, 1.165) is 17.1 Å². The number of hydrogen-bond donors (Lipinski definition) is 0. The van der Waals surface area contributed by atoms with Crippen LogP contribution < -0.4 is 9.97 Å². The van der Waals surface area contributed by atoms with E-state index in [1.807, 2.05) is 310 Å². The molecule has 0 atom stereocenters. The van der Waals surface area contributed by atoms with Crippen LogP contribution in [0.15, 0.2) is 304 Å². The summed E-state index contributed by atoms with van der Waals surface area (Å²) in [4.78, 5) is 8.03. The van der Waals surface area contributed by atoms with Crippen LogP contribution in [0.25, 0.3) is 0 Å². The summed E-state index contributed by atoms with van der Waals surface area (Å²) < 4.78 is 8.58. The summed E-state index contributed by atoms with van der Waals surface area (Å²) in [5.74, 6) is 0. The number of hydrogen-bond acceptors (Lipinski definition) is 0. The molecule has 516 valence electrons. The summed E-state index contributed by atoms with van der Waals surface area (Å²) in [5.41, 5.74) is 12.5. The Morgan fingerprint density at radius 2 is 0.394 bits per heavy atom. The molecule has 0 aliphatic carbocycles. The van der Waals surface area contributed by atoms with Gasteiger partial charge in [-0.1, -0.05) is 291 Å². The van der Waals surface area contributed by atoms with Crippen LogP contribution in [0, 0.1) is 98.9 Å². The number of aryl methyl sites for hydroxylation is 11. The maximum absolute atomic E-state index is 4.11. The van der Waals surface area contributed by atoms with Gasteiger partial charge in [0.25, 0.3) is 0 Å². The molecule has 0 bridgehead atoms. The molecule has 0 N–H and O–H groups in total. The normalized spacial score (nSPS) is 7.68. The van der Waals surface area contributed by atoms with Crippen molar-refractivity contribution in [1.29, 1.82) is 0 Å². The minimum Gasteiger partial charge on any atom is -0.668 e. The van der Waals surface area contributed by atoms with Crippen molar-refractivity contribution in [1.82, 2.24) is 28.2 Å². The van der Waals surface area contributed by atoms with E-state index in [9.17, 15) is 0 Å². The molecule has 6 nitrogen and oxygen atoms in total. The first-order valence-electron chi connectivity index (χ1n) is 29.1. The van der Waals surface area contributed by atoms with Crippen LogP contribution in [-0.2, 0) is 155 Å². The van der Waals surface area contributed by atoms with E-state index in [1.165, 1.54) is 39.9 Å². The Morgan fingerprint density at radius 3 is 0.447 bits per heavy atom. The Bertz CT molecular complexity index is 2540. The summed E-state index contributed by atoms with van der Waals surface area (Å²) in [6.07, 6.45) is 3.82. The Morgan fingerprint density at radius 1 is 0.213 bits per heavy atom. The summed E-state index contributed by atoms with van der Waals surface area (Å²) in [7, 11) is 8.26. The molecule has 0 aliphatic rings. The van der Waals surface area contributed by atoms with Crippen LogP contribution in [0.3, 0.4) is 0 Å². The molecule has 12 rings (SSSR count). The van der Waals surface area contributed by atoms with E-state index in [0.29, 0.717) is 0 Å². The van der Waals surface area contributed by atoms with Crippen LogP contribution in [-0.4, -0.2) is 18.3 Å². The van der Waals surface area contributed by atoms with Crippen molar-refractivity contribution < 1.29 is 126 Å². The Balaban J connectivity index is -0.0000000770. The molecule has 94 heavy (non-hydrogen) atoms. The third-order valence-electron chi connectivity index (χ3n) is 11.7. The fraction of sp³-hybridized carbons (Fsp3) is 0.220. The molecule has 12 heteroatoms. The first kappa shape index (κ1) is 116. The van der Waals surface area contributed by atoms with E-state index in [4.69, 9.17) is 0 Å². The SMILES string of the molecule is CC.CC.Cc1ccc(C)[n-]1.Cc1ccc(C)n1C.Cc1ccc(C)n1C.Cc1ccc(C)n1C.Cc1ccc[n-]1.Cc1cccn1C.[CH3-].[CH3-].[CH3-].[CH3-].[W].[W].[W].[W].[W].[W].c1ccccc1.c1ccccc1.c1ccccc1.c1ccccc1.c1ccccc1.c1ccccc1. The first-order valence-corrected chi connectivity index (χ1v) is 29.1. The number of nitrogens with zero attached hydrogens (tertiary/aromatic N) is 6. The van der Waals surface area contributed by atoms with Crippen molar-refractivity contribution in [3.63, 3.8) is 0 Å². The topological polar surface area (TPSA) is 47.9 Å². The molecular formula is C82H116N6W6-6. The van der Waals surface area contributed by atoms with Crippen LogP contribution in [0.1, 0.15) is 84.6 Å². The monoisotopic (exact) mass is 2290 g/mol. The molecule has 6 aromatic heterocycles. The first-order chi connectivity index (χ1) is 40.6. The fourth-order valence-electron chi connectivity index (χ4n) is 6.06. The van der Waals surface area contributed by atoms with E-state index < -0.39 is 0 Å². The van der Waals surface area contributed by atoms with Gasteiger partial charge in [0.2, 0.25) is 0 Å². The molecule has 0 saturated heterocycles. The minimum atomic E-state index is 0. The minimum absolute atomic E-state index is 0. The van der Waals surface area contributed by atoms with Crippen molar-refractivity contribution in [3.8, 4) is 0 Å². The third kappa shape index (κ3) is 69.9. The number of rotatable bonds is 0. The van der Waals surface area contributed by atoms with Gasteiger partial charge < -0.3 is 57.9 Å².